The molecule has 0 spiro atoms. The summed E-state index contributed by atoms with van der Waals surface area (Å²) in [4.78, 5) is 34.3. The molecule has 0 aliphatic carbocycles. The number of hydrogen-bond acceptors (Lipinski definition) is 6. The van der Waals surface area contributed by atoms with Crippen molar-refractivity contribution in [3.05, 3.63) is 118 Å². The van der Waals surface area contributed by atoms with E-state index in [2.05, 4.69) is 20.6 Å². The third-order valence-corrected chi connectivity index (χ3v) is 5.68. The number of rotatable bonds is 6. The number of nitrogens with one attached hydrogen (secondary N) is 2. The predicted octanol–water partition coefficient (Wildman–Crippen LogP) is 6.26. The van der Waals surface area contributed by atoms with Crippen molar-refractivity contribution in [3.63, 3.8) is 0 Å². The molecule has 5 aromatic rings. The summed E-state index contributed by atoms with van der Waals surface area (Å²) in [6.45, 7) is 3.75. The van der Waals surface area contributed by atoms with Crippen LogP contribution in [0.25, 0.3) is 28.3 Å². The van der Waals surface area contributed by atoms with Gasteiger partial charge in [-0.05, 0) is 50.3 Å². The van der Waals surface area contributed by atoms with Gasteiger partial charge in [-0.1, -0.05) is 48.0 Å². The summed E-state index contributed by atoms with van der Waals surface area (Å²) < 4.78 is 5.54. The molecule has 0 radical (unpaired) electrons. The second kappa shape index (κ2) is 10.3. The van der Waals surface area contributed by atoms with Gasteiger partial charge in [0.25, 0.3) is 0 Å². The third-order valence-electron chi connectivity index (χ3n) is 5.68. The first kappa shape index (κ1) is 23.7. The normalized spacial score (nSPS) is 11.1. The molecule has 0 aliphatic heterocycles. The van der Waals surface area contributed by atoms with Crippen molar-refractivity contribution in [1.29, 1.82) is 0 Å². The lowest BCUT2D eigenvalue weighted by molar-refractivity contribution is -0.111. The molecule has 0 saturated heterocycles. The van der Waals surface area contributed by atoms with Crippen LogP contribution < -0.4 is 16.1 Å². The fraction of sp³-hybridized carbons (Fsp3) is 0.0667. The van der Waals surface area contributed by atoms with Crippen LogP contribution in [0, 0.1) is 13.8 Å². The van der Waals surface area contributed by atoms with E-state index in [1.165, 1.54) is 18.4 Å². The Balaban J connectivity index is 1.30. The van der Waals surface area contributed by atoms with Crippen molar-refractivity contribution in [3.8, 4) is 11.3 Å². The van der Waals surface area contributed by atoms with Crippen LogP contribution in [0.4, 0.5) is 17.2 Å². The van der Waals surface area contributed by atoms with E-state index in [0.717, 1.165) is 22.5 Å². The molecule has 7 nitrogen and oxygen atoms in total. The van der Waals surface area contributed by atoms with E-state index in [1.807, 2.05) is 68.4 Å². The van der Waals surface area contributed by atoms with Crippen LogP contribution in [0.15, 0.2) is 100 Å². The quantitative estimate of drug-likeness (QED) is 0.274. The molecule has 0 aliphatic rings. The van der Waals surface area contributed by atoms with Crippen LogP contribution in [-0.4, -0.2) is 15.9 Å². The van der Waals surface area contributed by atoms with E-state index in [9.17, 15) is 9.59 Å². The number of aromatic nitrogens is 2. The number of anilines is 3. The van der Waals surface area contributed by atoms with Crippen molar-refractivity contribution in [2.45, 2.75) is 13.8 Å². The standard InChI is InChI=1S/C30H24N4O3/c1-19-11-13-27-25(15-19)30(36)22(18-37-27)12-14-29(35)34-24-10-6-9-23(16-24)33-28-17-26(31-20(2)32-28)21-7-4-3-5-8-21/h3-18H,1-2H3,(H,34,35)(H,31,32,33)/b14-12+. The second-order valence-corrected chi connectivity index (χ2v) is 8.60. The molecule has 2 heterocycles. The Kier molecular flexibility index (Phi) is 6.59. The number of aryl methyl sites for hydroxylation is 2. The predicted molar refractivity (Wildman–Crippen MR) is 147 cm³/mol. The van der Waals surface area contributed by atoms with E-state index >= 15 is 0 Å². The SMILES string of the molecule is Cc1ccc2occ(/C=C/C(=O)Nc3cccc(Nc4cc(-c5ccccc5)nc(C)n4)c3)c(=O)c2c1. The number of carbonyl (C=O) groups excluding carboxylic acids is 1. The number of hydrogen-bond donors (Lipinski definition) is 2. The minimum Gasteiger partial charge on any atom is -0.463 e. The van der Waals surface area contributed by atoms with Gasteiger partial charge in [0, 0.05) is 29.1 Å². The Morgan fingerprint density at radius 1 is 0.892 bits per heavy atom. The average Bonchev–Trinajstić information content (AvgIpc) is 2.89. The minimum atomic E-state index is -0.370. The minimum absolute atomic E-state index is 0.185. The van der Waals surface area contributed by atoms with E-state index in [1.54, 1.807) is 24.3 Å². The molecular weight excluding hydrogens is 464 g/mol. The molecule has 0 atom stereocenters. The summed E-state index contributed by atoms with van der Waals surface area (Å²) in [5.74, 6) is 0.921. The lowest BCUT2D eigenvalue weighted by Crippen LogP contribution is -2.09. The lowest BCUT2D eigenvalue weighted by atomic mass is 10.1. The smallest absolute Gasteiger partial charge is 0.248 e. The molecule has 1 amide bonds. The average molecular weight is 489 g/mol. The maximum atomic E-state index is 12.7. The van der Waals surface area contributed by atoms with Crippen molar-refractivity contribution >= 4 is 40.1 Å². The maximum Gasteiger partial charge on any atom is 0.248 e. The van der Waals surface area contributed by atoms with Crippen LogP contribution in [0.2, 0.25) is 0 Å². The molecule has 2 N–H and O–H groups in total. The first-order chi connectivity index (χ1) is 17.9. The molecule has 182 valence electrons. The van der Waals surface area contributed by atoms with Crippen LogP contribution >= 0.6 is 0 Å². The summed E-state index contributed by atoms with van der Waals surface area (Å²) in [5.41, 5.74) is 4.75. The van der Waals surface area contributed by atoms with E-state index in [-0.39, 0.29) is 11.3 Å². The van der Waals surface area contributed by atoms with Gasteiger partial charge in [0.2, 0.25) is 5.91 Å². The van der Waals surface area contributed by atoms with E-state index < -0.39 is 0 Å². The molecule has 0 bridgehead atoms. The summed E-state index contributed by atoms with van der Waals surface area (Å²) in [5, 5.41) is 6.59. The van der Waals surface area contributed by atoms with Gasteiger partial charge < -0.3 is 15.1 Å². The Labute approximate surface area is 213 Å². The van der Waals surface area contributed by atoms with Gasteiger partial charge in [-0.15, -0.1) is 0 Å². The first-order valence-electron chi connectivity index (χ1n) is 11.7. The zero-order valence-corrected chi connectivity index (χ0v) is 20.4. The van der Waals surface area contributed by atoms with Crippen LogP contribution in [0.5, 0.6) is 0 Å². The fourth-order valence-electron chi connectivity index (χ4n) is 3.94. The number of benzene rings is 3. The highest BCUT2D eigenvalue weighted by atomic mass is 16.3. The summed E-state index contributed by atoms with van der Waals surface area (Å²) in [6, 6.07) is 24.5. The zero-order valence-electron chi connectivity index (χ0n) is 20.4. The van der Waals surface area contributed by atoms with Crippen LogP contribution in [0.1, 0.15) is 17.0 Å². The number of amides is 1. The largest absolute Gasteiger partial charge is 0.463 e. The molecule has 7 heteroatoms. The zero-order chi connectivity index (χ0) is 25.8. The second-order valence-electron chi connectivity index (χ2n) is 8.60. The summed E-state index contributed by atoms with van der Waals surface area (Å²) in [7, 11) is 0. The van der Waals surface area contributed by atoms with Crippen molar-refractivity contribution in [2.75, 3.05) is 10.6 Å². The highest BCUT2D eigenvalue weighted by molar-refractivity contribution is 6.02. The van der Waals surface area contributed by atoms with Crippen LogP contribution in [-0.2, 0) is 4.79 Å². The fourth-order valence-corrected chi connectivity index (χ4v) is 3.94. The van der Waals surface area contributed by atoms with Gasteiger partial charge in [-0.25, -0.2) is 9.97 Å². The lowest BCUT2D eigenvalue weighted by Gasteiger charge is -2.10. The summed E-state index contributed by atoms with van der Waals surface area (Å²) in [6.07, 6.45) is 4.13. The third kappa shape index (κ3) is 5.62. The topological polar surface area (TPSA) is 97.1 Å². The van der Waals surface area contributed by atoms with E-state index in [0.29, 0.717) is 33.9 Å². The molecule has 0 saturated carbocycles. The molecule has 37 heavy (non-hydrogen) atoms. The Hall–Kier alpha value is -5.04. The van der Waals surface area contributed by atoms with Gasteiger partial charge >= 0.3 is 0 Å². The van der Waals surface area contributed by atoms with Gasteiger partial charge in [0.15, 0.2) is 5.43 Å². The number of carbonyl (C=O) groups is 1. The Bertz CT molecular complexity index is 1690. The molecule has 3 aromatic carbocycles. The highest BCUT2D eigenvalue weighted by Gasteiger charge is 2.08. The van der Waals surface area contributed by atoms with Crippen molar-refractivity contribution < 1.29 is 9.21 Å². The van der Waals surface area contributed by atoms with Gasteiger partial charge in [0.05, 0.1) is 16.6 Å². The maximum absolute atomic E-state index is 12.7. The van der Waals surface area contributed by atoms with Gasteiger partial charge in [0.1, 0.15) is 23.5 Å². The van der Waals surface area contributed by atoms with E-state index in [4.69, 9.17) is 4.42 Å². The van der Waals surface area contributed by atoms with Crippen molar-refractivity contribution in [1.82, 2.24) is 9.97 Å². The first-order valence-corrected chi connectivity index (χ1v) is 11.7. The Morgan fingerprint density at radius 3 is 2.54 bits per heavy atom. The number of nitrogens with zero attached hydrogens (tertiary/aromatic N) is 2. The van der Waals surface area contributed by atoms with Crippen molar-refractivity contribution in [2.24, 2.45) is 0 Å². The molecule has 2 aromatic heterocycles. The molecule has 0 unspecified atom stereocenters. The Morgan fingerprint density at radius 2 is 1.70 bits per heavy atom. The highest BCUT2D eigenvalue weighted by Crippen LogP contribution is 2.23. The van der Waals surface area contributed by atoms with Crippen LogP contribution in [0.3, 0.4) is 0 Å². The van der Waals surface area contributed by atoms with Gasteiger partial charge in [-0.2, -0.15) is 0 Å². The molecular formula is C30H24N4O3. The molecule has 0 fully saturated rings. The van der Waals surface area contributed by atoms with Gasteiger partial charge in [-0.3, -0.25) is 9.59 Å². The molecule has 5 rings (SSSR count). The monoisotopic (exact) mass is 488 g/mol. The summed E-state index contributed by atoms with van der Waals surface area (Å²) >= 11 is 0. The number of fused-ring (bicyclic) bond motifs is 1.